The molecule has 20 heavy (non-hydrogen) atoms. The maximum absolute atomic E-state index is 13.1. The molecular weight excluding hydrogens is 287 g/mol. The lowest BCUT2D eigenvalue weighted by atomic mass is 10.2. The first kappa shape index (κ1) is 16.1. The lowest BCUT2D eigenvalue weighted by Gasteiger charge is -2.09. The third kappa shape index (κ3) is 5.35. The average Bonchev–Trinajstić information content (AvgIpc) is 2.34. The van der Waals surface area contributed by atoms with Gasteiger partial charge < -0.3 is 15.7 Å². The quantitative estimate of drug-likeness (QED) is 0.692. The van der Waals surface area contributed by atoms with Crippen LogP contribution in [0.1, 0.15) is 16.8 Å². The number of benzene rings is 1. The molecule has 3 N–H and O–H groups in total. The van der Waals surface area contributed by atoms with Crippen molar-refractivity contribution in [1.82, 2.24) is 5.32 Å². The number of hydrogen-bond acceptors (Lipinski definition) is 3. The van der Waals surface area contributed by atoms with Gasteiger partial charge in [-0.1, -0.05) is 0 Å². The Balaban J connectivity index is 2.59. The zero-order valence-electron chi connectivity index (χ0n) is 10.8. The Kier molecular flexibility index (Phi) is 6.10. The molecule has 1 aromatic carbocycles. The zero-order valence-corrected chi connectivity index (χ0v) is 11.6. The molecule has 0 fully saturated rings. The number of amides is 2. The standard InChI is InChI=1S/C12H15FN2O4S/c1-20(19)6-2-5-14-12(18)15-10-7-8(13)3-4-9(10)11(16)17/h3-4,7H,2,5-6H2,1H3,(H,16,17)(H2,14,15,18). The van der Waals surface area contributed by atoms with Gasteiger partial charge in [0.05, 0.1) is 11.3 Å². The summed E-state index contributed by atoms with van der Waals surface area (Å²) >= 11 is 0. The lowest BCUT2D eigenvalue weighted by molar-refractivity contribution is 0.0698. The first-order valence-corrected chi connectivity index (χ1v) is 7.50. The predicted octanol–water partition coefficient (Wildman–Crippen LogP) is 1.41. The van der Waals surface area contributed by atoms with Gasteiger partial charge in [-0.2, -0.15) is 0 Å². The van der Waals surface area contributed by atoms with Gasteiger partial charge in [-0.25, -0.2) is 14.0 Å². The van der Waals surface area contributed by atoms with E-state index in [1.165, 1.54) is 0 Å². The van der Waals surface area contributed by atoms with E-state index in [4.69, 9.17) is 5.11 Å². The number of halogens is 1. The summed E-state index contributed by atoms with van der Waals surface area (Å²) in [5.74, 6) is -1.45. The Bertz CT molecular complexity index is 536. The summed E-state index contributed by atoms with van der Waals surface area (Å²) in [7, 11) is -0.930. The van der Waals surface area contributed by atoms with Gasteiger partial charge >= 0.3 is 12.0 Å². The van der Waals surface area contributed by atoms with Crippen LogP contribution in [-0.4, -0.2) is 39.9 Å². The van der Waals surface area contributed by atoms with Crippen molar-refractivity contribution in [3.05, 3.63) is 29.6 Å². The molecule has 0 aliphatic heterocycles. The Morgan fingerprint density at radius 3 is 2.70 bits per heavy atom. The van der Waals surface area contributed by atoms with Crippen LogP contribution in [0.5, 0.6) is 0 Å². The number of aromatic carboxylic acids is 1. The van der Waals surface area contributed by atoms with Gasteiger partial charge in [0.2, 0.25) is 0 Å². The van der Waals surface area contributed by atoms with E-state index in [2.05, 4.69) is 10.6 Å². The minimum Gasteiger partial charge on any atom is -0.478 e. The molecule has 0 bridgehead atoms. The fourth-order valence-electron chi connectivity index (χ4n) is 1.45. The highest BCUT2D eigenvalue weighted by Gasteiger charge is 2.13. The predicted molar refractivity (Wildman–Crippen MR) is 73.9 cm³/mol. The van der Waals surface area contributed by atoms with Crippen molar-refractivity contribution in [3.63, 3.8) is 0 Å². The maximum Gasteiger partial charge on any atom is 0.337 e. The number of nitrogens with one attached hydrogen (secondary N) is 2. The Morgan fingerprint density at radius 1 is 1.40 bits per heavy atom. The molecule has 110 valence electrons. The Hall–Kier alpha value is -1.96. The first-order chi connectivity index (χ1) is 9.40. The number of anilines is 1. The largest absolute Gasteiger partial charge is 0.478 e. The highest BCUT2D eigenvalue weighted by Crippen LogP contribution is 2.17. The van der Waals surface area contributed by atoms with Crippen LogP contribution in [-0.2, 0) is 10.8 Å². The molecule has 0 aliphatic rings. The number of carboxylic acid groups (broad SMARTS) is 1. The number of carboxylic acids is 1. The molecule has 1 aromatic rings. The van der Waals surface area contributed by atoms with Crippen LogP contribution in [0.25, 0.3) is 0 Å². The van der Waals surface area contributed by atoms with Crippen molar-refractivity contribution in [1.29, 1.82) is 0 Å². The molecule has 0 radical (unpaired) electrons. The summed E-state index contributed by atoms with van der Waals surface area (Å²) in [6, 6.07) is 2.38. The smallest absolute Gasteiger partial charge is 0.337 e. The van der Waals surface area contributed by atoms with Crippen molar-refractivity contribution in [2.75, 3.05) is 23.9 Å². The highest BCUT2D eigenvalue weighted by atomic mass is 32.2. The summed E-state index contributed by atoms with van der Waals surface area (Å²) in [4.78, 5) is 22.5. The van der Waals surface area contributed by atoms with Crippen molar-refractivity contribution in [3.8, 4) is 0 Å². The van der Waals surface area contributed by atoms with Crippen LogP contribution in [0.3, 0.4) is 0 Å². The fraction of sp³-hybridized carbons (Fsp3) is 0.333. The number of carbonyl (C=O) groups is 2. The van der Waals surface area contributed by atoms with E-state index in [1.54, 1.807) is 6.26 Å². The van der Waals surface area contributed by atoms with Crippen LogP contribution < -0.4 is 10.6 Å². The first-order valence-electron chi connectivity index (χ1n) is 5.78. The molecule has 0 spiro atoms. The van der Waals surface area contributed by atoms with Crippen molar-refractivity contribution < 1.29 is 23.3 Å². The van der Waals surface area contributed by atoms with Gasteiger partial charge in [0.1, 0.15) is 5.82 Å². The van der Waals surface area contributed by atoms with E-state index in [1.807, 2.05) is 0 Å². The molecule has 0 aliphatic carbocycles. The van der Waals surface area contributed by atoms with Gasteiger partial charge in [-0.3, -0.25) is 4.21 Å². The van der Waals surface area contributed by atoms with Crippen LogP contribution in [0.4, 0.5) is 14.9 Å². The molecular formula is C12H15FN2O4S. The van der Waals surface area contributed by atoms with E-state index in [9.17, 15) is 18.2 Å². The van der Waals surface area contributed by atoms with E-state index >= 15 is 0 Å². The lowest BCUT2D eigenvalue weighted by Crippen LogP contribution is -2.30. The molecule has 0 saturated carbocycles. The fourth-order valence-corrected chi connectivity index (χ4v) is 2.00. The molecule has 0 aromatic heterocycles. The summed E-state index contributed by atoms with van der Waals surface area (Å²) in [6.07, 6.45) is 2.09. The SMILES string of the molecule is CS(=O)CCCNC(=O)Nc1cc(F)ccc1C(=O)O. The van der Waals surface area contributed by atoms with Crippen LogP contribution in [0.2, 0.25) is 0 Å². The Morgan fingerprint density at radius 2 is 2.10 bits per heavy atom. The monoisotopic (exact) mass is 302 g/mol. The summed E-state index contributed by atoms with van der Waals surface area (Å²) < 4.78 is 23.9. The van der Waals surface area contributed by atoms with E-state index < -0.39 is 28.6 Å². The van der Waals surface area contributed by atoms with Gasteiger partial charge in [0.25, 0.3) is 0 Å². The van der Waals surface area contributed by atoms with Gasteiger partial charge in [0, 0.05) is 29.4 Å². The second-order valence-corrected chi connectivity index (χ2v) is 5.56. The van der Waals surface area contributed by atoms with Crippen LogP contribution in [0.15, 0.2) is 18.2 Å². The molecule has 1 unspecified atom stereocenters. The minimum absolute atomic E-state index is 0.117. The highest BCUT2D eigenvalue weighted by molar-refractivity contribution is 7.84. The molecule has 2 amide bonds. The second kappa shape index (κ2) is 7.59. The summed E-state index contributed by atoms with van der Waals surface area (Å²) in [5.41, 5.74) is -0.315. The summed E-state index contributed by atoms with van der Waals surface area (Å²) in [5, 5.41) is 13.7. The van der Waals surface area contributed by atoms with Gasteiger partial charge in [0.15, 0.2) is 0 Å². The Labute approximate surface area is 117 Å². The minimum atomic E-state index is -1.26. The molecule has 0 heterocycles. The molecule has 6 nitrogen and oxygen atoms in total. The normalized spacial score (nSPS) is 11.7. The third-order valence-corrected chi connectivity index (χ3v) is 3.22. The molecule has 1 atom stereocenters. The van der Waals surface area contributed by atoms with Crippen LogP contribution in [0, 0.1) is 5.82 Å². The molecule has 1 rings (SSSR count). The summed E-state index contributed by atoms with van der Waals surface area (Å²) in [6.45, 7) is 0.295. The number of urea groups is 1. The third-order valence-electron chi connectivity index (χ3n) is 2.35. The van der Waals surface area contributed by atoms with Crippen LogP contribution >= 0.6 is 0 Å². The van der Waals surface area contributed by atoms with Crippen molar-refractivity contribution in [2.24, 2.45) is 0 Å². The number of carbonyl (C=O) groups excluding carboxylic acids is 1. The average molecular weight is 302 g/mol. The second-order valence-electron chi connectivity index (χ2n) is 4.01. The molecule has 8 heteroatoms. The zero-order chi connectivity index (χ0) is 15.1. The number of hydrogen-bond donors (Lipinski definition) is 3. The van der Waals surface area contributed by atoms with E-state index in [0.717, 1.165) is 18.2 Å². The van der Waals surface area contributed by atoms with E-state index in [-0.39, 0.29) is 11.3 Å². The van der Waals surface area contributed by atoms with Gasteiger partial charge in [-0.15, -0.1) is 0 Å². The number of rotatable bonds is 6. The van der Waals surface area contributed by atoms with Gasteiger partial charge in [-0.05, 0) is 24.6 Å². The van der Waals surface area contributed by atoms with E-state index in [0.29, 0.717) is 18.7 Å². The van der Waals surface area contributed by atoms with Crippen molar-refractivity contribution in [2.45, 2.75) is 6.42 Å². The maximum atomic E-state index is 13.1. The topological polar surface area (TPSA) is 95.5 Å². The van der Waals surface area contributed by atoms with Crippen molar-refractivity contribution >= 4 is 28.5 Å². The molecule has 0 saturated heterocycles.